The number of rotatable bonds is 2. The third kappa shape index (κ3) is 2.81. The van der Waals surface area contributed by atoms with Crippen molar-refractivity contribution >= 4 is 23.2 Å². The molecule has 0 unspecified atom stereocenters. The van der Waals surface area contributed by atoms with Crippen LogP contribution < -0.4 is 5.32 Å². The third-order valence-corrected chi connectivity index (χ3v) is 2.40. The summed E-state index contributed by atoms with van der Waals surface area (Å²) in [6.07, 6.45) is 2.42. The van der Waals surface area contributed by atoms with E-state index in [-0.39, 0.29) is 10.8 Å². The maximum absolute atomic E-state index is 13.3. The Morgan fingerprint density at radius 3 is 2.89 bits per heavy atom. The van der Waals surface area contributed by atoms with Gasteiger partial charge in [-0.2, -0.15) is 0 Å². The summed E-state index contributed by atoms with van der Waals surface area (Å²) in [4.78, 5) is 19.4. The highest BCUT2D eigenvalue weighted by atomic mass is 35.5. The zero-order valence-corrected chi connectivity index (χ0v) is 10.2. The lowest BCUT2D eigenvalue weighted by Crippen LogP contribution is -2.13. The molecule has 92 valence electrons. The quantitative estimate of drug-likeness (QED) is 0.850. The van der Waals surface area contributed by atoms with Crippen LogP contribution in [-0.2, 0) is 0 Å². The summed E-state index contributed by atoms with van der Waals surface area (Å²) in [7, 11) is 0. The summed E-state index contributed by atoms with van der Waals surface area (Å²) >= 11 is 5.75. The van der Waals surface area contributed by atoms with Crippen LogP contribution >= 0.6 is 11.6 Å². The average Bonchev–Trinajstić information content (AvgIpc) is 2.31. The first-order chi connectivity index (χ1) is 8.56. The van der Waals surface area contributed by atoms with Gasteiger partial charge in [-0.05, 0) is 25.1 Å². The SMILES string of the molecule is Cc1cc(C(=O)Nc2ccncc2F)cc(Cl)n1. The number of halogens is 2. The number of hydrogen-bond donors (Lipinski definition) is 1. The molecule has 0 aliphatic heterocycles. The molecule has 18 heavy (non-hydrogen) atoms. The molecule has 0 saturated carbocycles. The average molecular weight is 266 g/mol. The molecule has 0 radical (unpaired) electrons. The molecule has 0 saturated heterocycles. The number of aromatic nitrogens is 2. The van der Waals surface area contributed by atoms with Crippen LogP contribution in [0.2, 0.25) is 5.15 Å². The highest BCUT2D eigenvalue weighted by Crippen LogP contribution is 2.15. The number of amides is 1. The molecule has 2 aromatic heterocycles. The summed E-state index contributed by atoms with van der Waals surface area (Å²) in [5, 5.41) is 2.66. The lowest BCUT2D eigenvalue weighted by molar-refractivity contribution is 0.102. The zero-order valence-electron chi connectivity index (χ0n) is 9.45. The van der Waals surface area contributed by atoms with E-state index < -0.39 is 11.7 Å². The number of carbonyl (C=O) groups is 1. The van der Waals surface area contributed by atoms with E-state index in [1.54, 1.807) is 13.0 Å². The van der Waals surface area contributed by atoms with Crippen LogP contribution in [0.25, 0.3) is 0 Å². The number of nitrogens with one attached hydrogen (secondary N) is 1. The standard InChI is InChI=1S/C12H9ClFN3O/c1-7-4-8(5-11(13)16-7)12(18)17-10-2-3-15-6-9(10)14/h2-6H,1H3,(H,15,17,18). The maximum Gasteiger partial charge on any atom is 0.255 e. The van der Waals surface area contributed by atoms with Crippen molar-refractivity contribution in [3.63, 3.8) is 0 Å². The zero-order chi connectivity index (χ0) is 13.1. The molecule has 0 bridgehead atoms. The maximum atomic E-state index is 13.3. The minimum absolute atomic E-state index is 0.0700. The van der Waals surface area contributed by atoms with Gasteiger partial charge in [0.2, 0.25) is 0 Å². The number of anilines is 1. The third-order valence-electron chi connectivity index (χ3n) is 2.20. The van der Waals surface area contributed by atoms with Crippen LogP contribution in [-0.4, -0.2) is 15.9 Å². The largest absolute Gasteiger partial charge is 0.319 e. The molecule has 2 rings (SSSR count). The lowest BCUT2D eigenvalue weighted by atomic mass is 10.2. The van der Waals surface area contributed by atoms with Gasteiger partial charge in [-0.25, -0.2) is 9.37 Å². The molecule has 0 aliphatic rings. The van der Waals surface area contributed by atoms with Crippen molar-refractivity contribution in [1.82, 2.24) is 9.97 Å². The van der Waals surface area contributed by atoms with Crippen molar-refractivity contribution < 1.29 is 9.18 Å². The fourth-order valence-corrected chi connectivity index (χ4v) is 1.68. The van der Waals surface area contributed by atoms with E-state index in [1.807, 2.05) is 0 Å². The van der Waals surface area contributed by atoms with Crippen molar-refractivity contribution in [3.05, 3.63) is 52.8 Å². The number of carbonyl (C=O) groups excluding carboxylic acids is 1. The number of pyridine rings is 2. The molecule has 0 atom stereocenters. The van der Waals surface area contributed by atoms with Gasteiger partial charge in [-0.1, -0.05) is 11.6 Å². The first-order valence-corrected chi connectivity index (χ1v) is 5.49. The minimum atomic E-state index is -0.595. The molecule has 2 heterocycles. The fraction of sp³-hybridized carbons (Fsp3) is 0.0833. The Morgan fingerprint density at radius 2 is 2.22 bits per heavy atom. The van der Waals surface area contributed by atoms with E-state index in [1.165, 1.54) is 18.3 Å². The van der Waals surface area contributed by atoms with E-state index in [0.717, 1.165) is 6.20 Å². The topological polar surface area (TPSA) is 54.9 Å². The van der Waals surface area contributed by atoms with Gasteiger partial charge >= 0.3 is 0 Å². The first-order valence-electron chi connectivity index (χ1n) is 5.11. The summed E-state index contributed by atoms with van der Waals surface area (Å²) in [5.41, 5.74) is 1.01. The summed E-state index contributed by atoms with van der Waals surface area (Å²) in [5.74, 6) is -1.05. The second kappa shape index (κ2) is 5.10. The van der Waals surface area contributed by atoms with Crippen LogP contribution in [0.5, 0.6) is 0 Å². The van der Waals surface area contributed by atoms with Gasteiger partial charge in [0.1, 0.15) is 5.15 Å². The molecule has 1 N–H and O–H groups in total. The summed E-state index contributed by atoms with van der Waals surface area (Å²) < 4.78 is 13.3. The molecule has 0 spiro atoms. The predicted molar refractivity (Wildman–Crippen MR) is 66.1 cm³/mol. The summed E-state index contributed by atoms with van der Waals surface area (Å²) in [6.45, 7) is 1.72. The van der Waals surface area contributed by atoms with E-state index in [0.29, 0.717) is 11.3 Å². The van der Waals surface area contributed by atoms with E-state index in [4.69, 9.17) is 11.6 Å². The Labute approximate surface area is 108 Å². The predicted octanol–water partition coefficient (Wildman–Crippen LogP) is 2.83. The lowest BCUT2D eigenvalue weighted by Gasteiger charge is -2.06. The highest BCUT2D eigenvalue weighted by molar-refractivity contribution is 6.29. The van der Waals surface area contributed by atoms with E-state index >= 15 is 0 Å². The highest BCUT2D eigenvalue weighted by Gasteiger charge is 2.10. The molecule has 4 nitrogen and oxygen atoms in total. The summed E-state index contributed by atoms with van der Waals surface area (Å²) in [6, 6.07) is 4.37. The molecular weight excluding hydrogens is 257 g/mol. The van der Waals surface area contributed by atoms with Gasteiger partial charge in [-0.3, -0.25) is 9.78 Å². The van der Waals surface area contributed by atoms with Gasteiger partial charge in [0.25, 0.3) is 5.91 Å². The monoisotopic (exact) mass is 265 g/mol. The van der Waals surface area contributed by atoms with Crippen LogP contribution in [0.3, 0.4) is 0 Å². The van der Waals surface area contributed by atoms with E-state index in [9.17, 15) is 9.18 Å². The Hall–Kier alpha value is -2.01. The Kier molecular flexibility index (Phi) is 3.53. The van der Waals surface area contributed by atoms with Gasteiger partial charge in [0, 0.05) is 17.5 Å². The Balaban J connectivity index is 2.25. The van der Waals surface area contributed by atoms with Crippen LogP contribution in [0.15, 0.2) is 30.6 Å². The van der Waals surface area contributed by atoms with Crippen LogP contribution in [0.4, 0.5) is 10.1 Å². The number of nitrogens with zero attached hydrogens (tertiary/aromatic N) is 2. The molecule has 0 aliphatic carbocycles. The Bertz CT molecular complexity index is 583. The number of hydrogen-bond acceptors (Lipinski definition) is 3. The van der Waals surface area contributed by atoms with Crippen LogP contribution in [0.1, 0.15) is 16.1 Å². The van der Waals surface area contributed by atoms with Gasteiger partial charge < -0.3 is 5.32 Å². The van der Waals surface area contributed by atoms with Crippen molar-refractivity contribution in [3.8, 4) is 0 Å². The first kappa shape index (κ1) is 12.4. The minimum Gasteiger partial charge on any atom is -0.319 e. The second-order valence-electron chi connectivity index (χ2n) is 3.63. The van der Waals surface area contributed by atoms with Crippen LogP contribution in [0, 0.1) is 12.7 Å². The number of aryl methyl sites for hydroxylation is 1. The van der Waals surface area contributed by atoms with Gasteiger partial charge in [0.05, 0.1) is 11.9 Å². The smallest absolute Gasteiger partial charge is 0.255 e. The molecular formula is C12H9ClFN3O. The normalized spacial score (nSPS) is 10.2. The van der Waals surface area contributed by atoms with Crippen molar-refractivity contribution in [2.24, 2.45) is 0 Å². The second-order valence-corrected chi connectivity index (χ2v) is 4.02. The van der Waals surface area contributed by atoms with Gasteiger partial charge in [-0.15, -0.1) is 0 Å². The molecule has 0 aromatic carbocycles. The van der Waals surface area contributed by atoms with Crippen molar-refractivity contribution in [2.45, 2.75) is 6.92 Å². The molecule has 2 aromatic rings. The Morgan fingerprint density at radius 1 is 1.44 bits per heavy atom. The van der Waals surface area contributed by atoms with E-state index in [2.05, 4.69) is 15.3 Å². The van der Waals surface area contributed by atoms with Crippen molar-refractivity contribution in [1.29, 1.82) is 0 Å². The van der Waals surface area contributed by atoms with Crippen molar-refractivity contribution in [2.75, 3.05) is 5.32 Å². The molecule has 0 fully saturated rings. The van der Waals surface area contributed by atoms with Gasteiger partial charge in [0.15, 0.2) is 5.82 Å². The molecule has 1 amide bonds. The molecule has 6 heteroatoms. The fourth-order valence-electron chi connectivity index (χ4n) is 1.43.